The summed E-state index contributed by atoms with van der Waals surface area (Å²) < 4.78 is 0. The third-order valence-electron chi connectivity index (χ3n) is 4.27. The Morgan fingerprint density at radius 2 is 1.57 bits per heavy atom. The van der Waals surface area contributed by atoms with Crippen molar-refractivity contribution in [1.29, 1.82) is 0 Å². The summed E-state index contributed by atoms with van der Waals surface area (Å²) in [5.41, 5.74) is 7.17. The Hall–Kier alpha value is -0.530. The highest BCUT2D eigenvalue weighted by atomic mass is 35.5. The topological polar surface area (TPSA) is 26.0 Å². The zero-order valence-electron chi connectivity index (χ0n) is 13.6. The second kappa shape index (κ2) is 12.1. The fourth-order valence-electron chi connectivity index (χ4n) is 2.85. The van der Waals surface area contributed by atoms with Gasteiger partial charge in [0.05, 0.1) is 0 Å². The van der Waals surface area contributed by atoms with Crippen molar-refractivity contribution in [3.05, 3.63) is 34.9 Å². The van der Waals surface area contributed by atoms with Crippen LogP contribution in [0, 0.1) is 5.92 Å². The molecule has 21 heavy (non-hydrogen) atoms. The Morgan fingerprint density at radius 3 is 2.19 bits per heavy atom. The van der Waals surface area contributed by atoms with Gasteiger partial charge in [0.25, 0.3) is 0 Å². The second-order valence-electron chi connectivity index (χ2n) is 6.16. The molecule has 2 N–H and O–H groups in total. The lowest BCUT2D eigenvalue weighted by atomic mass is 9.93. The maximum Gasteiger partial charge on any atom is 0.0438 e. The summed E-state index contributed by atoms with van der Waals surface area (Å²) in [5, 5.41) is 0.881. The maximum absolute atomic E-state index is 6.23. The smallest absolute Gasteiger partial charge is 0.0438 e. The van der Waals surface area contributed by atoms with E-state index in [1.807, 2.05) is 12.1 Å². The predicted molar refractivity (Wildman–Crippen MR) is 94.9 cm³/mol. The van der Waals surface area contributed by atoms with E-state index in [0.29, 0.717) is 5.92 Å². The summed E-state index contributed by atoms with van der Waals surface area (Å²) in [4.78, 5) is 0. The summed E-state index contributed by atoms with van der Waals surface area (Å²) in [6.07, 6.45) is 13.2. The average molecular weight is 310 g/mol. The molecule has 0 aliphatic carbocycles. The van der Waals surface area contributed by atoms with E-state index >= 15 is 0 Å². The van der Waals surface area contributed by atoms with E-state index < -0.39 is 0 Å². The van der Waals surface area contributed by atoms with E-state index in [2.05, 4.69) is 19.1 Å². The molecular formula is C19H32ClN. The summed E-state index contributed by atoms with van der Waals surface area (Å²) in [6.45, 7) is 3.04. The van der Waals surface area contributed by atoms with E-state index in [0.717, 1.165) is 18.0 Å². The molecule has 1 atom stereocenters. The summed E-state index contributed by atoms with van der Waals surface area (Å²) in [6, 6.07) is 8.15. The van der Waals surface area contributed by atoms with E-state index in [1.165, 1.54) is 63.4 Å². The van der Waals surface area contributed by atoms with E-state index in [9.17, 15) is 0 Å². The van der Waals surface area contributed by atoms with Gasteiger partial charge in [0.1, 0.15) is 0 Å². The van der Waals surface area contributed by atoms with Crippen LogP contribution in [0.15, 0.2) is 24.3 Å². The number of halogens is 1. The van der Waals surface area contributed by atoms with Gasteiger partial charge in [-0.25, -0.2) is 0 Å². The molecule has 120 valence electrons. The zero-order chi connectivity index (χ0) is 15.3. The third-order valence-corrected chi connectivity index (χ3v) is 4.63. The molecule has 1 unspecified atom stereocenters. The molecule has 1 aromatic carbocycles. The van der Waals surface area contributed by atoms with Crippen molar-refractivity contribution in [3.8, 4) is 0 Å². The van der Waals surface area contributed by atoms with E-state index in [4.69, 9.17) is 17.3 Å². The highest BCUT2D eigenvalue weighted by Gasteiger charge is 2.09. The van der Waals surface area contributed by atoms with Crippen LogP contribution in [0.4, 0.5) is 0 Å². The minimum absolute atomic E-state index is 0.574. The van der Waals surface area contributed by atoms with Crippen molar-refractivity contribution in [2.45, 2.75) is 71.1 Å². The van der Waals surface area contributed by atoms with Gasteiger partial charge in [-0.3, -0.25) is 0 Å². The lowest BCUT2D eigenvalue weighted by molar-refractivity contribution is 0.455. The van der Waals surface area contributed by atoms with Crippen LogP contribution in [0.2, 0.25) is 5.02 Å². The molecule has 2 heteroatoms. The molecule has 0 spiro atoms. The molecule has 0 aromatic heterocycles. The first-order valence-corrected chi connectivity index (χ1v) is 9.09. The van der Waals surface area contributed by atoms with Gasteiger partial charge in [-0.15, -0.1) is 0 Å². The molecule has 0 aliphatic rings. The monoisotopic (exact) mass is 309 g/mol. The van der Waals surface area contributed by atoms with Gasteiger partial charge < -0.3 is 5.73 Å². The molecule has 0 saturated carbocycles. The standard InChI is InChI=1S/C19H32ClN/c1-2-3-4-5-6-7-8-9-12-17(16-21)15-18-13-10-11-14-19(18)20/h10-11,13-14,17H,2-9,12,15-16,21H2,1H3. The third kappa shape index (κ3) is 8.48. The molecular weight excluding hydrogens is 278 g/mol. The maximum atomic E-state index is 6.23. The van der Waals surface area contributed by atoms with Crippen LogP contribution >= 0.6 is 11.6 Å². The Bertz CT molecular complexity index is 364. The van der Waals surface area contributed by atoms with Crippen LogP contribution in [-0.4, -0.2) is 6.54 Å². The summed E-state index contributed by atoms with van der Waals surface area (Å²) in [5.74, 6) is 0.574. The van der Waals surface area contributed by atoms with Crippen LogP contribution in [0.3, 0.4) is 0 Å². The average Bonchev–Trinajstić information content (AvgIpc) is 2.50. The van der Waals surface area contributed by atoms with Crippen molar-refractivity contribution in [3.63, 3.8) is 0 Å². The van der Waals surface area contributed by atoms with Gasteiger partial charge in [0.15, 0.2) is 0 Å². The second-order valence-corrected chi connectivity index (χ2v) is 6.57. The van der Waals surface area contributed by atoms with Crippen molar-refractivity contribution >= 4 is 11.6 Å². The summed E-state index contributed by atoms with van der Waals surface area (Å²) >= 11 is 6.23. The van der Waals surface area contributed by atoms with Crippen LogP contribution in [0.1, 0.15) is 70.3 Å². The molecule has 0 aliphatic heterocycles. The van der Waals surface area contributed by atoms with Crippen molar-refractivity contribution < 1.29 is 0 Å². The molecule has 0 bridgehead atoms. The van der Waals surface area contributed by atoms with E-state index in [1.54, 1.807) is 0 Å². The number of nitrogens with two attached hydrogens (primary N) is 1. The first-order chi connectivity index (χ1) is 10.3. The number of unbranched alkanes of at least 4 members (excludes halogenated alkanes) is 7. The van der Waals surface area contributed by atoms with Crippen LogP contribution < -0.4 is 5.73 Å². The van der Waals surface area contributed by atoms with Gasteiger partial charge in [-0.1, -0.05) is 88.1 Å². The normalized spacial score (nSPS) is 12.5. The fraction of sp³-hybridized carbons (Fsp3) is 0.684. The zero-order valence-corrected chi connectivity index (χ0v) is 14.4. The lowest BCUT2D eigenvalue weighted by Gasteiger charge is -2.15. The highest BCUT2D eigenvalue weighted by Crippen LogP contribution is 2.21. The van der Waals surface area contributed by atoms with Crippen molar-refractivity contribution in [2.75, 3.05) is 6.54 Å². The minimum atomic E-state index is 0.574. The Balaban J connectivity index is 2.13. The molecule has 0 fully saturated rings. The largest absolute Gasteiger partial charge is 0.330 e. The van der Waals surface area contributed by atoms with Crippen LogP contribution in [0.25, 0.3) is 0 Å². The van der Waals surface area contributed by atoms with Gasteiger partial charge in [0, 0.05) is 5.02 Å². The molecule has 1 aromatic rings. The van der Waals surface area contributed by atoms with Gasteiger partial charge >= 0.3 is 0 Å². The molecule has 0 amide bonds. The van der Waals surface area contributed by atoms with Crippen molar-refractivity contribution in [1.82, 2.24) is 0 Å². The Labute approximate surface area is 136 Å². The van der Waals surface area contributed by atoms with E-state index in [-0.39, 0.29) is 0 Å². The number of rotatable bonds is 12. The van der Waals surface area contributed by atoms with Crippen LogP contribution in [0.5, 0.6) is 0 Å². The number of hydrogen-bond acceptors (Lipinski definition) is 1. The van der Waals surface area contributed by atoms with Gasteiger partial charge in [0.2, 0.25) is 0 Å². The first-order valence-electron chi connectivity index (χ1n) is 8.71. The molecule has 1 nitrogen and oxygen atoms in total. The highest BCUT2D eigenvalue weighted by molar-refractivity contribution is 6.31. The van der Waals surface area contributed by atoms with Gasteiger partial charge in [-0.2, -0.15) is 0 Å². The first kappa shape index (κ1) is 18.5. The number of benzene rings is 1. The molecule has 0 heterocycles. The fourth-order valence-corrected chi connectivity index (χ4v) is 3.06. The molecule has 0 radical (unpaired) electrons. The Morgan fingerprint density at radius 1 is 0.952 bits per heavy atom. The quantitative estimate of drug-likeness (QED) is 0.472. The minimum Gasteiger partial charge on any atom is -0.330 e. The molecule has 0 saturated heterocycles. The van der Waals surface area contributed by atoms with Crippen LogP contribution in [-0.2, 0) is 6.42 Å². The van der Waals surface area contributed by atoms with Crippen molar-refractivity contribution in [2.24, 2.45) is 11.7 Å². The summed E-state index contributed by atoms with van der Waals surface area (Å²) in [7, 11) is 0. The van der Waals surface area contributed by atoms with Gasteiger partial charge in [-0.05, 0) is 36.9 Å². The SMILES string of the molecule is CCCCCCCCCCC(CN)Cc1ccccc1Cl. The Kier molecular flexibility index (Phi) is 10.6. The number of hydrogen-bond donors (Lipinski definition) is 1. The molecule has 1 rings (SSSR count). The predicted octanol–water partition coefficient (Wildman–Crippen LogP) is 5.99. The lowest BCUT2D eigenvalue weighted by Crippen LogP contribution is -2.17.